The first-order valence-corrected chi connectivity index (χ1v) is 15.3. The molecule has 1 aliphatic rings. The van der Waals surface area contributed by atoms with Gasteiger partial charge >= 0.3 is 0 Å². The molecule has 0 aliphatic carbocycles. The minimum atomic E-state index is -0.367. The third-order valence-corrected chi connectivity index (χ3v) is 8.77. The number of aliphatic hydroxyl groups excluding tert-OH is 1. The summed E-state index contributed by atoms with van der Waals surface area (Å²) < 4.78 is 2.57. The molecular formula is C35H39N7O3. The summed E-state index contributed by atoms with van der Waals surface area (Å²) in [4.78, 5) is 33.7. The molecular weight excluding hydrogens is 566 g/mol. The summed E-state index contributed by atoms with van der Waals surface area (Å²) in [5, 5.41) is 24.0. The Morgan fingerprint density at radius 3 is 2.42 bits per heavy atom. The SMILES string of the molecule is CN1CCC(c2ccc(Nc3cc(-c4cccc(-n5ncc6cc(C(C)(C)C)ccc6c5=O)c4CO)nn(C)c3=O)nc2)CC1. The van der Waals surface area contributed by atoms with E-state index in [1.54, 1.807) is 31.4 Å². The number of anilines is 2. The molecule has 10 heteroatoms. The molecule has 5 aromatic rings. The van der Waals surface area contributed by atoms with E-state index in [4.69, 9.17) is 0 Å². The monoisotopic (exact) mass is 605 g/mol. The minimum absolute atomic E-state index is 0.0656. The molecule has 3 aromatic heterocycles. The van der Waals surface area contributed by atoms with E-state index in [2.05, 4.69) is 59.3 Å². The number of aliphatic hydroxyl groups is 1. The Hall–Kier alpha value is -4.67. The van der Waals surface area contributed by atoms with Gasteiger partial charge in [-0.3, -0.25) is 9.59 Å². The van der Waals surface area contributed by atoms with Gasteiger partial charge in [-0.25, -0.2) is 9.67 Å². The van der Waals surface area contributed by atoms with Crippen LogP contribution in [-0.2, 0) is 19.1 Å². The second-order valence-electron chi connectivity index (χ2n) is 12.9. The number of piperidine rings is 1. The van der Waals surface area contributed by atoms with Crippen LogP contribution in [0.5, 0.6) is 0 Å². The zero-order valence-corrected chi connectivity index (χ0v) is 26.4. The smallest absolute Gasteiger partial charge is 0.290 e. The molecule has 6 rings (SSSR count). The van der Waals surface area contributed by atoms with Crippen LogP contribution in [0.1, 0.15) is 56.2 Å². The minimum Gasteiger partial charge on any atom is -0.392 e. The van der Waals surface area contributed by atoms with Crippen molar-refractivity contribution in [2.75, 3.05) is 25.5 Å². The van der Waals surface area contributed by atoms with Gasteiger partial charge in [-0.1, -0.05) is 45.0 Å². The number of pyridine rings is 1. The first-order chi connectivity index (χ1) is 21.5. The maximum Gasteiger partial charge on any atom is 0.290 e. The highest BCUT2D eigenvalue weighted by Gasteiger charge is 2.20. The first kappa shape index (κ1) is 30.4. The van der Waals surface area contributed by atoms with Crippen LogP contribution in [0.4, 0.5) is 11.5 Å². The van der Waals surface area contributed by atoms with Gasteiger partial charge in [0.2, 0.25) is 0 Å². The molecule has 2 N–H and O–H groups in total. The van der Waals surface area contributed by atoms with E-state index in [9.17, 15) is 14.7 Å². The van der Waals surface area contributed by atoms with Gasteiger partial charge in [-0.2, -0.15) is 14.9 Å². The first-order valence-electron chi connectivity index (χ1n) is 15.3. The number of nitrogens with zero attached hydrogens (tertiary/aromatic N) is 6. The van der Waals surface area contributed by atoms with Crippen molar-refractivity contribution in [2.45, 2.75) is 51.6 Å². The lowest BCUT2D eigenvalue weighted by Gasteiger charge is -2.29. The Labute approximate surface area is 262 Å². The van der Waals surface area contributed by atoms with E-state index in [1.165, 1.54) is 14.9 Å². The van der Waals surface area contributed by atoms with Gasteiger partial charge in [0.25, 0.3) is 11.1 Å². The molecule has 1 fully saturated rings. The number of hydrogen-bond donors (Lipinski definition) is 2. The molecule has 1 aliphatic heterocycles. The van der Waals surface area contributed by atoms with Crippen molar-refractivity contribution in [3.05, 3.63) is 104 Å². The third-order valence-electron chi connectivity index (χ3n) is 8.77. The van der Waals surface area contributed by atoms with Crippen molar-refractivity contribution >= 4 is 22.3 Å². The van der Waals surface area contributed by atoms with Crippen LogP contribution in [0, 0.1) is 0 Å². The number of aryl methyl sites for hydroxylation is 1. The van der Waals surface area contributed by atoms with Crippen molar-refractivity contribution < 1.29 is 5.11 Å². The van der Waals surface area contributed by atoms with Crippen molar-refractivity contribution in [1.29, 1.82) is 0 Å². The van der Waals surface area contributed by atoms with E-state index < -0.39 is 0 Å². The largest absolute Gasteiger partial charge is 0.392 e. The van der Waals surface area contributed by atoms with Crippen LogP contribution in [0.25, 0.3) is 27.7 Å². The normalized spacial score (nSPS) is 14.6. The second-order valence-corrected chi connectivity index (χ2v) is 12.9. The molecule has 10 nitrogen and oxygen atoms in total. The van der Waals surface area contributed by atoms with Crippen molar-refractivity contribution in [3.8, 4) is 16.9 Å². The zero-order chi connectivity index (χ0) is 31.9. The van der Waals surface area contributed by atoms with Crippen LogP contribution in [0.15, 0.2) is 76.6 Å². The summed E-state index contributed by atoms with van der Waals surface area (Å²) in [5.74, 6) is 1.04. The van der Waals surface area contributed by atoms with Crippen molar-refractivity contribution in [2.24, 2.45) is 7.05 Å². The molecule has 0 atom stereocenters. The Bertz CT molecular complexity index is 1980. The number of likely N-dealkylation sites (tertiary alicyclic amines) is 1. The van der Waals surface area contributed by atoms with Gasteiger partial charge in [0.05, 0.1) is 29.6 Å². The van der Waals surface area contributed by atoms with E-state index in [0.29, 0.717) is 45.3 Å². The third kappa shape index (κ3) is 6.03. The molecule has 0 unspecified atom stereocenters. The maximum atomic E-state index is 13.6. The highest BCUT2D eigenvalue weighted by Crippen LogP contribution is 2.30. The maximum absolute atomic E-state index is 13.6. The average Bonchev–Trinajstić information content (AvgIpc) is 3.03. The topological polar surface area (TPSA) is 118 Å². The fraction of sp³-hybridized carbons (Fsp3) is 0.343. The number of hydrogen-bond acceptors (Lipinski definition) is 8. The van der Waals surface area contributed by atoms with Crippen molar-refractivity contribution in [1.82, 2.24) is 29.4 Å². The average molecular weight is 606 g/mol. The van der Waals surface area contributed by atoms with Gasteiger partial charge in [-0.15, -0.1) is 0 Å². The number of benzene rings is 2. The molecule has 45 heavy (non-hydrogen) atoms. The van der Waals surface area contributed by atoms with E-state index in [0.717, 1.165) is 36.9 Å². The summed E-state index contributed by atoms with van der Waals surface area (Å²) >= 11 is 0. The van der Waals surface area contributed by atoms with Crippen LogP contribution in [-0.4, -0.2) is 54.7 Å². The van der Waals surface area contributed by atoms with Crippen LogP contribution in [0.2, 0.25) is 0 Å². The molecule has 1 saturated heterocycles. The van der Waals surface area contributed by atoms with E-state index in [-0.39, 0.29) is 23.1 Å². The van der Waals surface area contributed by atoms with Crippen LogP contribution >= 0.6 is 0 Å². The van der Waals surface area contributed by atoms with Gasteiger partial charge in [0.15, 0.2) is 0 Å². The molecule has 0 bridgehead atoms. The predicted molar refractivity (Wildman–Crippen MR) is 177 cm³/mol. The van der Waals surface area contributed by atoms with Gasteiger partial charge < -0.3 is 15.3 Å². The highest BCUT2D eigenvalue weighted by molar-refractivity contribution is 5.82. The van der Waals surface area contributed by atoms with Gasteiger partial charge in [0, 0.05) is 29.8 Å². The molecule has 0 radical (unpaired) electrons. The van der Waals surface area contributed by atoms with E-state index >= 15 is 0 Å². The highest BCUT2D eigenvalue weighted by atomic mass is 16.3. The molecule has 232 valence electrons. The fourth-order valence-electron chi connectivity index (χ4n) is 6.00. The summed E-state index contributed by atoms with van der Waals surface area (Å²) in [6.45, 7) is 8.15. The summed E-state index contributed by atoms with van der Waals surface area (Å²) in [6, 6.07) is 16.8. The zero-order valence-electron chi connectivity index (χ0n) is 26.4. The molecule has 2 aromatic carbocycles. The molecule has 4 heterocycles. The quantitative estimate of drug-likeness (QED) is 0.281. The number of nitrogens with one attached hydrogen (secondary N) is 1. The fourth-order valence-corrected chi connectivity index (χ4v) is 6.00. The Kier molecular flexibility index (Phi) is 8.11. The van der Waals surface area contributed by atoms with Gasteiger partial charge in [0.1, 0.15) is 11.5 Å². The lowest BCUT2D eigenvalue weighted by Crippen LogP contribution is -2.29. The molecule has 0 saturated carbocycles. The number of rotatable bonds is 6. The summed E-state index contributed by atoms with van der Waals surface area (Å²) in [6.07, 6.45) is 5.77. The number of fused-ring (bicyclic) bond motifs is 1. The van der Waals surface area contributed by atoms with Crippen LogP contribution in [0.3, 0.4) is 0 Å². The van der Waals surface area contributed by atoms with Crippen molar-refractivity contribution in [3.63, 3.8) is 0 Å². The Morgan fingerprint density at radius 1 is 0.956 bits per heavy atom. The van der Waals surface area contributed by atoms with Crippen LogP contribution < -0.4 is 16.4 Å². The Balaban J connectivity index is 1.35. The molecule has 0 amide bonds. The van der Waals surface area contributed by atoms with Gasteiger partial charge in [-0.05, 0) is 85.8 Å². The summed E-state index contributed by atoms with van der Waals surface area (Å²) in [5.41, 5.74) is 3.89. The molecule has 0 spiro atoms. The Morgan fingerprint density at radius 2 is 1.73 bits per heavy atom. The lowest BCUT2D eigenvalue weighted by atomic mass is 9.86. The standard InChI is InChI=1S/C35H39N7O3/c1-35(2,3)25-10-11-26-24(17-25)20-37-42(33(26)44)31-8-6-7-27(28(31)21-43)29-18-30(34(45)41(5)39-29)38-32-12-9-23(19-36-32)22-13-15-40(4)16-14-22/h6-12,17-20,22,43H,13-16,21H2,1-5H3,(H,36,38). The summed E-state index contributed by atoms with van der Waals surface area (Å²) in [7, 11) is 3.73. The number of aromatic nitrogens is 5. The van der Waals surface area contributed by atoms with E-state index in [1.807, 2.05) is 36.5 Å². The second kappa shape index (κ2) is 12.0. The predicted octanol–water partition coefficient (Wildman–Crippen LogP) is 4.88. The lowest BCUT2D eigenvalue weighted by molar-refractivity contribution is 0.255.